The second-order valence-electron chi connectivity index (χ2n) is 0.250. The van der Waals surface area contributed by atoms with E-state index in [-0.39, 0.29) is 31.3 Å². The fraction of sp³-hybridized carbons (Fsp3) is 0. The molecule has 0 aromatic carbocycles. The van der Waals surface area contributed by atoms with E-state index in [2.05, 4.69) is 0 Å². The average molecular weight is 123 g/mol. The molecule has 0 aliphatic heterocycles. The fourth-order valence-corrected chi connectivity index (χ4v) is 0. The Bertz CT molecular complexity index is 30.5. The van der Waals surface area contributed by atoms with Crippen molar-refractivity contribution < 1.29 is 46.3 Å². The van der Waals surface area contributed by atoms with Crippen LogP contribution in [0.25, 0.3) is 0 Å². The summed E-state index contributed by atoms with van der Waals surface area (Å²) in [6.07, 6.45) is -2.33. The first-order valence-electron chi connectivity index (χ1n) is 0.612. The Morgan fingerprint density at radius 2 is 1.33 bits per heavy atom. The molecule has 0 aromatic rings. The van der Waals surface area contributed by atoms with Crippen LogP contribution in [0.3, 0.4) is 0 Å². The van der Waals surface area contributed by atoms with E-state index < -0.39 is 6.16 Å². The fourth-order valence-electron chi connectivity index (χ4n) is 0. The second-order valence-corrected chi connectivity index (χ2v) is 0.250. The zero-order valence-corrected chi connectivity index (χ0v) is 4.61. The van der Waals surface area contributed by atoms with E-state index in [0.717, 1.165) is 0 Å². The zero-order valence-electron chi connectivity index (χ0n) is 2.80. The molecule has 0 saturated heterocycles. The topological polar surface area (TPSA) is 94.7 Å². The summed E-state index contributed by atoms with van der Waals surface area (Å²) >= 11 is 0. The Balaban J connectivity index is -0.0000000450. The molecule has 6 heavy (non-hydrogen) atoms. The van der Waals surface area contributed by atoms with Crippen molar-refractivity contribution in [1.82, 2.24) is 0 Å². The summed E-state index contributed by atoms with van der Waals surface area (Å²) < 4.78 is 0. The van der Waals surface area contributed by atoms with Gasteiger partial charge in [0.2, 0.25) is 0 Å². The molecule has 4 nitrogen and oxygen atoms in total. The van der Waals surface area contributed by atoms with Gasteiger partial charge in [0.15, 0.2) is 0 Å². The summed E-state index contributed by atoms with van der Waals surface area (Å²) in [6.45, 7) is 0. The number of hydrogen-bond acceptors (Lipinski definition) is 3. The molecular formula is CH2O4Sc+. The van der Waals surface area contributed by atoms with Crippen molar-refractivity contribution >= 4 is 6.16 Å². The van der Waals surface area contributed by atoms with Gasteiger partial charge in [0.05, 0.1) is 0 Å². The number of carboxylic acid groups (broad SMARTS) is 2. The van der Waals surface area contributed by atoms with Crippen LogP contribution in [0.2, 0.25) is 0 Å². The third-order valence-corrected chi connectivity index (χ3v) is 0. The molecule has 0 heterocycles. The molecule has 0 aliphatic carbocycles. The molecule has 2 N–H and O–H groups in total. The van der Waals surface area contributed by atoms with E-state index in [1.54, 1.807) is 0 Å². The van der Waals surface area contributed by atoms with E-state index in [9.17, 15) is 0 Å². The summed E-state index contributed by atoms with van der Waals surface area (Å²) in [5.41, 5.74) is 0. The van der Waals surface area contributed by atoms with Gasteiger partial charge in [-0.05, 0) is 6.16 Å². The van der Waals surface area contributed by atoms with Gasteiger partial charge in [0, 0.05) is 0 Å². The summed E-state index contributed by atoms with van der Waals surface area (Å²) in [5.74, 6) is 0. The Morgan fingerprint density at radius 1 is 1.33 bits per heavy atom. The molecule has 0 aliphatic rings. The van der Waals surface area contributed by atoms with Gasteiger partial charge in [-0.15, -0.1) is 0 Å². The molecule has 32 valence electrons. The molecule has 0 bridgehead atoms. The third-order valence-electron chi connectivity index (χ3n) is 0. The van der Waals surface area contributed by atoms with Crippen molar-refractivity contribution in [2.45, 2.75) is 0 Å². The van der Waals surface area contributed by atoms with Crippen molar-refractivity contribution in [1.29, 1.82) is 0 Å². The molecule has 0 rings (SSSR count). The van der Waals surface area contributed by atoms with Crippen LogP contribution < -0.4 is 10.2 Å². The number of rotatable bonds is 0. The van der Waals surface area contributed by atoms with Gasteiger partial charge >= 0.3 is 25.8 Å². The van der Waals surface area contributed by atoms with Crippen LogP contribution in [-0.2, 0) is 25.8 Å². The summed E-state index contributed by atoms with van der Waals surface area (Å²) in [4.78, 5) is 8.33. The minimum Gasteiger partial charge on any atom is -0.652 e. The SMILES string of the molecule is O.O=C([O-])[O-].[Sc+3]. The number of carbonyl (C=O) groups excluding carboxylic acids is 1. The summed E-state index contributed by atoms with van der Waals surface area (Å²) in [5, 5.41) is 16.7. The summed E-state index contributed by atoms with van der Waals surface area (Å²) in [7, 11) is 0. The van der Waals surface area contributed by atoms with E-state index in [0.29, 0.717) is 0 Å². The Hall–Kier alpha value is 0.100. The van der Waals surface area contributed by atoms with E-state index in [1.807, 2.05) is 0 Å². The van der Waals surface area contributed by atoms with Crippen molar-refractivity contribution in [3.63, 3.8) is 0 Å². The van der Waals surface area contributed by atoms with Gasteiger partial charge in [-0.3, -0.25) is 0 Å². The number of carbonyl (C=O) groups is 1. The van der Waals surface area contributed by atoms with Crippen LogP contribution in [-0.4, -0.2) is 11.6 Å². The second kappa shape index (κ2) is 8.92. The smallest absolute Gasteiger partial charge is 0.652 e. The molecule has 5 heteroatoms. The van der Waals surface area contributed by atoms with Crippen LogP contribution in [0.4, 0.5) is 4.79 Å². The standard InChI is InChI=1S/CH2O3.H2O.Sc/c2-1(3)4;;/h(H2,2,3,4);1H2;/q;;+3/p-2. The maximum atomic E-state index is 8.33. The normalized spacial score (nSPS) is 4.00. The zero-order chi connectivity index (χ0) is 3.58. The molecular weight excluding hydrogens is 121 g/mol. The van der Waals surface area contributed by atoms with Crippen molar-refractivity contribution in [3.05, 3.63) is 0 Å². The first-order chi connectivity index (χ1) is 1.73. The van der Waals surface area contributed by atoms with Gasteiger partial charge in [0.25, 0.3) is 0 Å². The maximum Gasteiger partial charge on any atom is 3.00 e. The minimum absolute atomic E-state index is 0. The number of hydrogen-bond donors (Lipinski definition) is 0. The quantitative estimate of drug-likeness (QED) is 0.338. The molecule has 0 spiro atoms. The van der Waals surface area contributed by atoms with Gasteiger partial charge < -0.3 is 20.5 Å². The Morgan fingerprint density at radius 3 is 1.33 bits per heavy atom. The van der Waals surface area contributed by atoms with Gasteiger partial charge in [-0.25, -0.2) is 0 Å². The minimum atomic E-state index is -2.33. The van der Waals surface area contributed by atoms with Crippen LogP contribution in [0.1, 0.15) is 0 Å². The molecule has 0 fully saturated rings. The molecule has 0 unspecified atom stereocenters. The molecule has 0 radical (unpaired) electrons. The molecule has 0 atom stereocenters. The monoisotopic (exact) mass is 123 g/mol. The van der Waals surface area contributed by atoms with Crippen LogP contribution >= 0.6 is 0 Å². The maximum absolute atomic E-state index is 8.33. The van der Waals surface area contributed by atoms with Crippen LogP contribution in [0.15, 0.2) is 0 Å². The first kappa shape index (κ1) is 16.5. The van der Waals surface area contributed by atoms with Gasteiger partial charge in [-0.2, -0.15) is 0 Å². The van der Waals surface area contributed by atoms with E-state index in [4.69, 9.17) is 15.0 Å². The van der Waals surface area contributed by atoms with Crippen LogP contribution in [0, 0.1) is 0 Å². The van der Waals surface area contributed by atoms with E-state index >= 15 is 0 Å². The Kier molecular flexibility index (Phi) is 24.5. The predicted molar refractivity (Wildman–Crippen MR) is 9.01 cm³/mol. The van der Waals surface area contributed by atoms with Gasteiger partial charge in [0.1, 0.15) is 0 Å². The predicted octanol–water partition coefficient (Wildman–Crippen LogP) is -3.27. The summed E-state index contributed by atoms with van der Waals surface area (Å²) in [6, 6.07) is 0. The van der Waals surface area contributed by atoms with Gasteiger partial charge in [-0.1, -0.05) is 0 Å². The Labute approximate surface area is 52.9 Å². The van der Waals surface area contributed by atoms with Crippen molar-refractivity contribution in [2.24, 2.45) is 0 Å². The molecule has 0 saturated carbocycles. The largest absolute Gasteiger partial charge is 3.00 e. The van der Waals surface area contributed by atoms with Crippen molar-refractivity contribution in [2.75, 3.05) is 0 Å². The van der Waals surface area contributed by atoms with Crippen molar-refractivity contribution in [3.8, 4) is 0 Å². The first-order valence-corrected chi connectivity index (χ1v) is 0.612. The van der Waals surface area contributed by atoms with Crippen LogP contribution in [0.5, 0.6) is 0 Å². The molecule has 0 aromatic heterocycles. The third kappa shape index (κ3) is 3930. The average Bonchev–Trinajstić information content (AvgIpc) is 0.811. The van der Waals surface area contributed by atoms with E-state index in [1.165, 1.54) is 0 Å². The molecule has 0 amide bonds.